The van der Waals surface area contributed by atoms with Crippen molar-refractivity contribution in [1.29, 1.82) is 0 Å². The van der Waals surface area contributed by atoms with Gasteiger partial charge in [-0.15, -0.1) is 0 Å². The molecule has 2 amide bonds. The first-order chi connectivity index (χ1) is 15.6. The maximum absolute atomic E-state index is 12.0. The maximum atomic E-state index is 12.0. The number of anilines is 1. The molecular formula is C25H34N2O6. The first-order valence-corrected chi connectivity index (χ1v) is 10.9. The van der Waals surface area contributed by atoms with Crippen LogP contribution in [0.1, 0.15) is 51.2 Å². The summed E-state index contributed by atoms with van der Waals surface area (Å²) < 4.78 is 10.4. The van der Waals surface area contributed by atoms with Crippen molar-refractivity contribution in [2.24, 2.45) is 0 Å². The molecule has 180 valence electrons. The van der Waals surface area contributed by atoms with E-state index in [2.05, 4.69) is 10.6 Å². The Morgan fingerprint density at radius 3 is 2.21 bits per heavy atom. The van der Waals surface area contributed by atoms with E-state index in [9.17, 15) is 19.8 Å². The molecule has 0 radical (unpaired) electrons. The van der Waals surface area contributed by atoms with Crippen LogP contribution in [0.5, 0.6) is 0 Å². The number of aliphatic hydroxyl groups excluding tert-OH is 2. The van der Waals surface area contributed by atoms with E-state index in [0.29, 0.717) is 12.1 Å². The third-order valence-electron chi connectivity index (χ3n) is 4.90. The second-order valence-corrected chi connectivity index (χ2v) is 8.95. The van der Waals surface area contributed by atoms with E-state index < -0.39 is 36.5 Å². The lowest BCUT2D eigenvalue weighted by Crippen LogP contribution is -2.47. The quantitative estimate of drug-likeness (QED) is 0.448. The van der Waals surface area contributed by atoms with E-state index in [4.69, 9.17) is 9.47 Å². The summed E-state index contributed by atoms with van der Waals surface area (Å²) in [5.41, 5.74) is 1.75. The molecule has 8 heteroatoms. The van der Waals surface area contributed by atoms with E-state index in [0.717, 1.165) is 11.1 Å². The number of ether oxygens (including phenoxy) is 2. The highest BCUT2D eigenvalue weighted by Gasteiger charge is 2.25. The largest absolute Gasteiger partial charge is 0.444 e. The van der Waals surface area contributed by atoms with E-state index >= 15 is 0 Å². The number of aliphatic hydroxyl groups is 2. The lowest BCUT2D eigenvalue weighted by molar-refractivity contribution is 0.0327. The Morgan fingerprint density at radius 2 is 1.64 bits per heavy atom. The fourth-order valence-corrected chi connectivity index (χ4v) is 3.16. The smallest absolute Gasteiger partial charge is 0.411 e. The van der Waals surface area contributed by atoms with Gasteiger partial charge < -0.3 is 25.0 Å². The topological polar surface area (TPSA) is 117 Å². The number of carbonyl (C=O) groups excluding carboxylic acids is 2. The first kappa shape index (κ1) is 26.2. The SMILES string of the molecule is CC(CC(O)C(CO)NC(=O)OC(C)(C)C)c1ccc(NC(=O)OCc2ccccc2)cc1. The number of nitrogens with one attached hydrogen (secondary N) is 2. The van der Waals surface area contributed by atoms with E-state index in [1.165, 1.54) is 0 Å². The lowest BCUT2D eigenvalue weighted by Gasteiger charge is -2.27. The number of hydrogen-bond donors (Lipinski definition) is 4. The second kappa shape index (κ2) is 12.2. The zero-order valence-corrected chi connectivity index (χ0v) is 19.6. The second-order valence-electron chi connectivity index (χ2n) is 8.95. The van der Waals surface area contributed by atoms with Gasteiger partial charge in [0.1, 0.15) is 12.2 Å². The van der Waals surface area contributed by atoms with Crippen LogP contribution >= 0.6 is 0 Å². The summed E-state index contributed by atoms with van der Waals surface area (Å²) in [6, 6.07) is 15.8. The van der Waals surface area contributed by atoms with Crippen molar-refractivity contribution in [3.63, 3.8) is 0 Å². The predicted molar refractivity (Wildman–Crippen MR) is 126 cm³/mol. The highest BCUT2D eigenvalue weighted by atomic mass is 16.6. The molecule has 0 saturated carbocycles. The summed E-state index contributed by atoms with van der Waals surface area (Å²) in [7, 11) is 0. The van der Waals surface area contributed by atoms with Gasteiger partial charge in [-0.3, -0.25) is 5.32 Å². The summed E-state index contributed by atoms with van der Waals surface area (Å²) in [4.78, 5) is 23.9. The molecule has 8 nitrogen and oxygen atoms in total. The molecule has 0 heterocycles. The van der Waals surface area contributed by atoms with Crippen LogP contribution in [0.25, 0.3) is 0 Å². The van der Waals surface area contributed by atoms with Crippen LogP contribution in [0.3, 0.4) is 0 Å². The molecule has 0 aliphatic carbocycles. The number of rotatable bonds is 9. The van der Waals surface area contributed by atoms with Crippen molar-refractivity contribution in [2.75, 3.05) is 11.9 Å². The van der Waals surface area contributed by atoms with Gasteiger partial charge in [0.25, 0.3) is 0 Å². The third kappa shape index (κ3) is 9.51. The summed E-state index contributed by atoms with van der Waals surface area (Å²) in [6.07, 6.45) is -1.90. The Morgan fingerprint density at radius 1 is 1.00 bits per heavy atom. The number of carbonyl (C=O) groups is 2. The standard InChI is InChI=1S/C25H34N2O6/c1-17(14-22(29)21(15-28)27-24(31)33-25(2,3)4)19-10-12-20(13-11-19)26-23(30)32-16-18-8-6-5-7-9-18/h5-13,17,21-22,28-29H,14-16H2,1-4H3,(H,26,30)(H,27,31). The number of alkyl carbamates (subject to hydrolysis) is 1. The molecule has 3 atom stereocenters. The van der Waals surface area contributed by atoms with Gasteiger partial charge in [-0.05, 0) is 56.4 Å². The Hall–Kier alpha value is -3.10. The molecule has 2 rings (SSSR count). The summed E-state index contributed by atoms with van der Waals surface area (Å²) >= 11 is 0. The highest BCUT2D eigenvalue weighted by Crippen LogP contribution is 2.24. The van der Waals surface area contributed by atoms with E-state index in [1.54, 1.807) is 32.9 Å². The Labute approximate surface area is 194 Å². The molecule has 0 saturated heterocycles. The van der Waals surface area contributed by atoms with E-state index in [1.807, 2.05) is 49.4 Å². The maximum Gasteiger partial charge on any atom is 0.411 e. The van der Waals surface area contributed by atoms with Crippen molar-refractivity contribution in [1.82, 2.24) is 5.32 Å². The van der Waals surface area contributed by atoms with Crippen LogP contribution in [0.4, 0.5) is 15.3 Å². The van der Waals surface area contributed by atoms with Crippen molar-refractivity contribution in [2.45, 2.75) is 64.4 Å². The monoisotopic (exact) mass is 458 g/mol. The van der Waals surface area contributed by atoms with Crippen molar-refractivity contribution in [3.8, 4) is 0 Å². The highest BCUT2D eigenvalue weighted by molar-refractivity contribution is 5.84. The molecule has 0 bridgehead atoms. The zero-order valence-electron chi connectivity index (χ0n) is 19.6. The molecule has 33 heavy (non-hydrogen) atoms. The summed E-state index contributed by atoms with van der Waals surface area (Å²) in [5, 5.41) is 25.3. The minimum Gasteiger partial charge on any atom is -0.444 e. The lowest BCUT2D eigenvalue weighted by atomic mass is 9.92. The fourth-order valence-electron chi connectivity index (χ4n) is 3.16. The van der Waals surface area contributed by atoms with Crippen LogP contribution in [0, 0.1) is 0 Å². The van der Waals surface area contributed by atoms with Crippen LogP contribution in [-0.4, -0.2) is 46.8 Å². The van der Waals surface area contributed by atoms with Gasteiger partial charge >= 0.3 is 12.2 Å². The molecular weight excluding hydrogens is 424 g/mol. The van der Waals surface area contributed by atoms with Gasteiger partial charge in [-0.2, -0.15) is 0 Å². The van der Waals surface area contributed by atoms with Gasteiger partial charge in [0.05, 0.1) is 18.8 Å². The van der Waals surface area contributed by atoms with Gasteiger partial charge in [-0.25, -0.2) is 9.59 Å². The molecule has 3 unspecified atom stereocenters. The van der Waals surface area contributed by atoms with Crippen LogP contribution in [0.2, 0.25) is 0 Å². The Balaban J connectivity index is 1.84. The molecule has 4 N–H and O–H groups in total. The van der Waals surface area contributed by atoms with Crippen molar-refractivity contribution in [3.05, 3.63) is 65.7 Å². The minimum atomic E-state index is -0.969. The molecule has 0 aliphatic heterocycles. The predicted octanol–water partition coefficient (Wildman–Crippen LogP) is 4.18. The number of hydrogen-bond acceptors (Lipinski definition) is 6. The first-order valence-electron chi connectivity index (χ1n) is 10.9. The molecule has 0 aromatic heterocycles. The van der Waals surface area contributed by atoms with Crippen LogP contribution in [-0.2, 0) is 16.1 Å². The van der Waals surface area contributed by atoms with Gasteiger partial charge in [0.15, 0.2) is 0 Å². The van der Waals surface area contributed by atoms with E-state index in [-0.39, 0.29) is 12.5 Å². The number of benzene rings is 2. The van der Waals surface area contributed by atoms with Crippen LogP contribution < -0.4 is 10.6 Å². The van der Waals surface area contributed by atoms with Crippen molar-refractivity contribution < 1.29 is 29.3 Å². The third-order valence-corrected chi connectivity index (χ3v) is 4.90. The minimum absolute atomic E-state index is 0.0615. The van der Waals surface area contributed by atoms with Crippen LogP contribution in [0.15, 0.2) is 54.6 Å². The molecule has 0 spiro atoms. The fraction of sp³-hybridized carbons (Fsp3) is 0.440. The molecule has 0 fully saturated rings. The zero-order chi connectivity index (χ0) is 24.4. The van der Waals surface area contributed by atoms with Gasteiger partial charge in [-0.1, -0.05) is 49.4 Å². The number of amides is 2. The van der Waals surface area contributed by atoms with Gasteiger partial charge in [0.2, 0.25) is 0 Å². The molecule has 0 aliphatic rings. The average Bonchev–Trinajstić information content (AvgIpc) is 2.76. The average molecular weight is 459 g/mol. The van der Waals surface area contributed by atoms with Gasteiger partial charge in [0, 0.05) is 5.69 Å². The Kier molecular flexibility index (Phi) is 9.69. The van der Waals surface area contributed by atoms with Crippen molar-refractivity contribution >= 4 is 17.9 Å². The Bertz CT molecular complexity index is 880. The normalized spacial score (nSPS) is 14.0. The molecule has 2 aromatic rings. The molecule has 2 aromatic carbocycles. The summed E-state index contributed by atoms with van der Waals surface area (Å²) in [6.45, 7) is 6.91. The summed E-state index contributed by atoms with van der Waals surface area (Å²) in [5.74, 6) is -0.0615.